The fourth-order valence-corrected chi connectivity index (χ4v) is 12.6. The maximum atomic E-state index is 13.2. The van der Waals surface area contributed by atoms with E-state index in [4.69, 9.17) is 14.4 Å². The molecule has 0 bridgehead atoms. The lowest BCUT2D eigenvalue weighted by molar-refractivity contribution is -0.270. The third kappa shape index (κ3) is 4.38. The molecule has 10 heteroatoms. The molecule has 2 spiro atoms. The van der Waals surface area contributed by atoms with E-state index >= 15 is 0 Å². The van der Waals surface area contributed by atoms with E-state index in [-0.39, 0.29) is 34.7 Å². The molecular weight excluding hydrogens is 580 g/mol. The molecule has 1 saturated heterocycles. The highest BCUT2D eigenvalue weighted by molar-refractivity contribution is 5.76. The molecule has 10 nitrogen and oxygen atoms in total. The van der Waals surface area contributed by atoms with Gasteiger partial charge in [0, 0.05) is 11.8 Å². The normalized spacial score (nSPS) is 53.1. The molecule has 6 N–H and O–H groups in total. The molecule has 6 aliphatic rings. The van der Waals surface area contributed by atoms with E-state index in [1.165, 1.54) is 0 Å². The summed E-state index contributed by atoms with van der Waals surface area (Å²) in [7, 11) is 0. The molecular formula is C35H56O10. The highest BCUT2D eigenvalue weighted by Gasteiger charge is 2.86. The Morgan fingerprint density at radius 2 is 1.69 bits per heavy atom. The van der Waals surface area contributed by atoms with Crippen molar-refractivity contribution in [1.82, 2.24) is 0 Å². The first-order chi connectivity index (χ1) is 21.1. The Morgan fingerprint density at radius 1 is 1.00 bits per heavy atom. The van der Waals surface area contributed by atoms with E-state index < -0.39 is 60.2 Å². The summed E-state index contributed by atoms with van der Waals surface area (Å²) in [4.78, 5) is 17.9. The minimum atomic E-state index is -1.42. The van der Waals surface area contributed by atoms with Gasteiger partial charge in [-0.1, -0.05) is 27.4 Å². The number of carboxylic acids is 1. The molecule has 0 aromatic rings. The summed E-state index contributed by atoms with van der Waals surface area (Å²) in [5.41, 5.74) is -0.897. The molecule has 1 heterocycles. The quantitative estimate of drug-likeness (QED) is 0.117. The van der Waals surface area contributed by atoms with Gasteiger partial charge in [-0.05, 0) is 117 Å². The highest BCUT2D eigenvalue weighted by Crippen LogP contribution is 2.89. The van der Waals surface area contributed by atoms with E-state index in [2.05, 4.69) is 27.4 Å². The summed E-state index contributed by atoms with van der Waals surface area (Å²) >= 11 is 0. The second-order valence-electron chi connectivity index (χ2n) is 16.7. The maximum Gasteiger partial charge on any atom is 0.312 e. The van der Waals surface area contributed by atoms with Crippen LogP contribution in [0.5, 0.6) is 0 Å². The topological polar surface area (TPSA) is 166 Å². The lowest BCUT2D eigenvalue weighted by atomic mass is 9.41. The van der Waals surface area contributed by atoms with Gasteiger partial charge in [-0.25, -0.2) is 4.89 Å². The maximum absolute atomic E-state index is 13.2. The Labute approximate surface area is 267 Å². The van der Waals surface area contributed by atoms with Crippen molar-refractivity contribution in [3.05, 3.63) is 12.2 Å². The Morgan fingerprint density at radius 3 is 2.29 bits per heavy atom. The van der Waals surface area contributed by atoms with Crippen molar-refractivity contribution in [2.45, 2.75) is 142 Å². The van der Waals surface area contributed by atoms with Crippen molar-refractivity contribution >= 4 is 5.97 Å². The Bertz CT molecular complexity index is 1180. The number of aliphatic hydroxyl groups excluding tert-OH is 4. The number of hydrogen-bond donors (Lipinski definition) is 6. The molecule has 5 aliphatic carbocycles. The number of carbonyl (C=O) groups is 1. The SMILES string of the molecule is C=C(C)C(CC[C@@H](C)[C@H]1CC[C@@]2(C)[C@@H]3CC[C@H]4[C@](C)(C(=O)O)[C@@H](O[C@@H]5O[C@H](CO)[C@H](O)[C@H]5O)C[C@H](O)[C@@]45C[C@@]35CC[C@]12C)OO. The van der Waals surface area contributed by atoms with Gasteiger partial charge in [0.2, 0.25) is 0 Å². The molecule has 0 aromatic carbocycles. The summed E-state index contributed by atoms with van der Waals surface area (Å²) in [5, 5.41) is 62.6. The van der Waals surface area contributed by atoms with E-state index in [0.29, 0.717) is 24.2 Å². The first-order valence-electron chi connectivity index (χ1n) is 17.2. The fourth-order valence-electron chi connectivity index (χ4n) is 12.6. The van der Waals surface area contributed by atoms with Gasteiger partial charge >= 0.3 is 5.97 Å². The second-order valence-corrected chi connectivity index (χ2v) is 16.7. The highest BCUT2D eigenvalue weighted by atomic mass is 17.1. The summed E-state index contributed by atoms with van der Waals surface area (Å²) in [6.45, 7) is 14.4. The molecule has 0 aromatic heterocycles. The van der Waals surface area contributed by atoms with Crippen LogP contribution in [-0.2, 0) is 19.2 Å². The molecule has 45 heavy (non-hydrogen) atoms. The van der Waals surface area contributed by atoms with E-state index in [1.807, 2.05) is 6.92 Å². The van der Waals surface area contributed by atoms with Crippen LogP contribution >= 0.6 is 0 Å². The average molecular weight is 637 g/mol. The second kappa shape index (κ2) is 11.2. The van der Waals surface area contributed by atoms with Crippen LogP contribution in [0.2, 0.25) is 0 Å². The van der Waals surface area contributed by atoms with E-state index in [0.717, 1.165) is 56.9 Å². The van der Waals surface area contributed by atoms with Gasteiger partial charge in [0.05, 0.1) is 24.2 Å². The minimum absolute atomic E-state index is 0.0732. The van der Waals surface area contributed by atoms with E-state index in [9.17, 15) is 35.6 Å². The Hall–Kier alpha value is -1.11. The molecule has 1 unspecified atom stereocenters. The fraction of sp³-hybridized carbons (Fsp3) is 0.914. The Balaban J connectivity index is 1.25. The largest absolute Gasteiger partial charge is 0.481 e. The summed E-state index contributed by atoms with van der Waals surface area (Å²) in [6.07, 6.45) is 1.42. The van der Waals surface area contributed by atoms with Crippen molar-refractivity contribution in [3.63, 3.8) is 0 Å². The first kappa shape index (κ1) is 33.8. The van der Waals surface area contributed by atoms with Crippen LogP contribution < -0.4 is 0 Å². The number of hydrogen-bond acceptors (Lipinski definition) is 9. The molecule has 0 radical (unpaired) electrons. The van der Waals surface area contributed by atoms with Gasteiger partial charge in [0.25, 0.3) is 0 Å². The number of ether oxygens (including phenoxy) is 2. The molecule has 16 atom stereocenters. The standard InChI is InChI=1S/C35H56O10/c1-18(2)21(45-42)8-7-19(3)20-11-12-32(5)23-9-10-24-33(6,30(40)41)26(44-29-28(39)27(38)22(16-36)43-29)15-25(37)35(24)17-34(23,35)14-13-31(20,32)4/h19-29,36-39,42H,1,7-17H2,2-6H3,(H,40,41)/t19-,20-,21?,22-,23+,24+,25+,26+,27+,28-,29+,31-,32+,33+,34+,35-/m1/s1. The van der Waals surface area contributed by atoms with Crippen molar-refractivity contribution in [1.29, 1.82) is 0 Å². The number of aliphatic hydroxyl groups is 4. The number of rotatable bonds is 10. The van der Waals surface area contributed by atoms with Crippen LogP contribution in [-0.4, -0.2) is 86.3 Å². The van der Waals surface area contributed by atoms with Crippen LogP contribution in [0.25, 0.3) is 0 Å². The van der Waals surface area contributed by atoms with Gasteiger partial charge < -0.3 is 35.0 Å². The zero-order chi connectivity index (χ0) is 32.9. The predicted octanol–water partition coefficient (Wildman–Crippen LogP) is 4.14. The van der Waals surface area contributed by atoms with Crippen LogP contribution in [0, 0.1) is 50.7 Å². The molecule has 1 aliphatic heterocycles. The van der Waals surface area contributed by atoms with Gasteiger partial charge in [-0.2, -0.15) is 0 Å². The third-order valence-corrected chi connectivity index (χ3v) is 15.3. The molecule has 5 saturated carbocycles. The molecule has 0 amide bonds. The van der Waals surface area contributed by atoms with Crippen LogP contribution in [0.4, 0.5) is 0 Å². The smallest absolute Gasteiger partial charge is 0.312 e. The van der Waals surface area contributed by atoms with Crippen LogP contribution in [0.3, 0.4) is 0 Å². The average Bonchev–Trinajstić information content (AvgIpc) is 3.51. The summed E-state index contributed by atoms with van der Waals surface area (Å²) < 4.78 is 11.7. The van der Waals surface area contributed by atoms with Gasteiger partial charge in [0.1, 0.15) is 24.4 Å². The van der Waals surface area contributed by atoms with Crippen molar-refractivity contribution in [3.8, 4) is 0 Å². The Kier molecular flexibility index (Phi) is 8.42. The zero-order valence-electron chi connectivity index (χ0n) is 27.7. The van der Waals surface area contributed by atoms with Gasteiger partial charge in [0.15, 0.2) is 6.29 Å². The van der Waals surface area contributed by atoms with Crippen LogP contribution in [0.1, 0.15) is 98.8 Å². The van der Waals surface area contributed by atoms with Crippen molar-refractivity contribution < 1.29 is 49.9 Å². The molecule has 6 rings (SSSR count). The van der Waals surface area contributed by atoms with Crippen molar-refractivity contribution in [2.24, 2.45) is 50.7 Å². The lowest BCUT2D eigenvalue weighted by Crippen LogP contribution is -2.64. The monoisotopic (exact) mass is 636 g/mol. The molecule has 6 fully saturated rings. The van der Waals surface area contributed by atoms with Gasteiger partial charge in [-0.3, -0.25) is 10.1 Å². The molecule has 256 valence electrons. The first-order valence-corrected chi connectivity index (χ1v) is 17.2. The minimum Gasteiger partial charge on any atom is -0.481 e. The van der Waals surface area contributed by atoms with Gasteiger partial charge in [-0.15, -0.1) is 0 Å². The lowest BCUT2D eigenvalue weighted by Gasteiger charge is -2.64. The summed E-state index contributed by atoms with van der Waals surface area (Å²) in [6, 6.07) is 0. The zero-order valence-corrected chi connectivity index (χ0v) is 27.7. The van der Waals surface area contributed by atoms with E-state index in [1.54, 1.807) is 6.92 Å². The number of carboxylic acid groups (broad SMARTS) is 1. The number of aliphatic carboxylic acids is 1. The summed E-state index contributed by atoms with van der Waals surface area (Å²) in [5.74, 6) is 0.111. The van der Waals surface area contributed by atoms with Crippen LogP contribution in [0.15, 0.2) is 12.2 Å². The predicted molar refractivity (Wildman–Crippen MR) is 164 cm³/mol. The third-order valence-electron chi connectivity index (χ3n) is 15.3. The number of fused-ring (bicyclic) bond motifs is 2. The van der Waals surface area contributed by atoms with Crippen molar-refractivity contribution in [2.75, 3.05) is 6.61 Å².